The Balaban J connectivity index is 1.93. The lowest BCUT2D eigenvalue weighted by molar-refractivity contribution is 0.0861. The van der Waals surface area contributed by atoms with Gasteiger partial charge >= 0.3 is 0 Å². The second kappa shape index (κ2) is 6.02. The zero-order chi connectivity index (χ0) is 13.2. The van der Waals surface area contributed by atoms with Crippen LogP contribution < -0.4 is 5.32 Å². The van der Waals surface area contributed by atoms with Crippen LogP contribution in [0.1, 0.15) is 33.1 Å². The molecule has 4 heteroatoms. The topological polar surface area (TPSA) is 32.3 Å². The molecule has 18 heavy (non-hydrogen) atoms. The summed E-state index contributed by atoms with van der Waals surface area (Å²) in [5, 5.41) is 3.56. The van der Waals surface area contributed by atoms with E-state index in [1.807, 2.05) is 0 Å². The Hall–Kier alpha value is 0.0700. The normalized spacial score (nSPS) is 34.6. The molecule has 0 bridgehead atoms. The van der Waals surface area contributed by atoms with Gasteiger partial charge in [-0.3, -0.25) is 4.21 Å². The molecular formula is C14H28N2OS. The average Bonchev–Trinajstić information content (AvgIpc) is 2.31. The van der Waals surface area contributed by atoms with Crippen molar-refractivity contribution in [3.05, 3.63) is 0 Å². The molecule has 1 N–H and O–H groups in total. The van der Waals surface area contributed by atoms with Crippen molar-refractivity contribution in [3.63, 3.8) is 0 Å². The third-order valence-corrected chi connectivity index (χ3v) is 6.06. The maximum absolute atomic E-state index is 11.4. The molecule has 2 aliphatic rings. The standard InChI is InChI=1S/C14H28N2OS/c1-14(2)6-4-5-12(13(14)15-3)11-16-7-9-18(17)10-8-16/h12-13,15H,4-11H2,1-3H3. The Morgan fingerprint density at radius 2 is 2.00 bits per heavy atom. The highest BCUT2D eigenvalue weighted by Crippen LogP contribution is 2.39. The molecule has 1 aliphatic heterocycles. The van der Waals surface area contributed by atoms with Gasteiger partial charge in [0.05, 0.1) is 0 Å². The molecule has 0 aromatic heterocycles. The van der Waals surface area contributed by atoms with Crippen LogP contribution in [0.2, 0.25) is 0 Å². The lowest BCUT2D eigenvalue weighted by Crippen LogP contribution is -2.53. The van der Waals surface area contributed by atoms with Crippen molar-refractivity contribution in [2.45, 2.75) is 39.2 Å². The van der Waals surface area contributed by atoms with Gasteiger partial charge in [-0.2, -0.15) is 0 Å². The second-order valence-corrected chi connectivity index (χ2v) is 8.25. The first-order valence-corrected chi connectivity index (χ1v) is 8.76. The quantitative estimate of drug-likeness (QED) is 0.844. The van der Waals surface area contributed by atoms with Crippen LogP contribution >= 0.6 is 0 Å². The predicted octanol–water partition coefficient (Wildman–Crippen LogP) is 1.46. The van der Waals surface area contributed by atoms with Gasteiger partial charge in [0.2, 0.25) is 0 Å². The summed E-state index contributed by atoms with van der Waals surface area (Å²) in [7, 11) is 1.56. The van der Waals surface area contributed by atoms with Crippen LogP contribution in [0.4, 0.5) is 0 Å². The van der Waals surface area contributed by atoms with Crippen LogP contribution in [0.5, 0.6) is 0 Å². The van der Waals surface area contributed by atoms with Gasteiger partial charge in [-0.1, -0.05) is 20.3 Å². The van der Waals surface area contributed by atoms with E-state index < -0.39 is 10.8 Å². The van der Waals surface area contributed by atoms with Crippen molar-refractivity contribution in [1.82, 2.24) is 10.2 Å². The lowest BCUT2D eigenvalue weighted by Gasteiger charge is -2.46. The van der Waals surface area contributed by atoms with Gasteiger partial charge in [0.25, 0.3) is 0 Å². The van der Waals surface area contributed by atoms with Crippen molar-refractivity contribution >= 4 is 10.8 Å². The highest BCUT2D eigenvalue weighted by molar-refractivity contribution is 7.85. The first-order chi connectivity index (χ1) is 8.53. The van der Waals surface area contributed by atoms with Crippen molar-refractivity contribution in [1.29, 1.82) is 0 Å². The fourth-order valence-electron chi connectivity index (χ4n) is 3.79. The van der Waals surface area contributed by atoms with E-state index in [2.05, 4.69) is 31.1 Å². The molecule has 0 amide bonds. The maximum atomic E-state index is 11.4. The van der Waals surface area contributed by atoms with Crippen LogP contribution in [-0.4, -0.2) is 53.3 Å². The maximum Gasteiger partial charge on any atom is 0.0363 e. The van der Waals surface area contributed by atoms with E-state index in [-0.39, 0.29) is 0 Å². The number of hydrogen-bond acceptors (Lipinski definition) is 3. The Kier molecular flexibility index (Phi) is 4.84. The first kappa shape index (κ1) is 14.5. The summed E-state index contributed by atoms with van der Waals surface area (Å²) in [4.78, 5) is 2.53. The second-order valence-electron chi connectivity index (χ2n) is 6.56. The third kappa shape index (κ3) is 3.34. The molecule has 1 saturated carbocycles. The summed E-state index contributed by atoms with van der Waals surface area (Å²) in [6, 6.07) is 0.624. The van der Waals surface area contributed by atoms with Gasteiger partial charge in [0.15, 0.2) is 0 Å². The van der Waals surface area contributed by atoms with Gasteiger partial charge in [-0.25, -0.2) is 0 Å². The summed E-state index contributed by atoms with van der Waals surface area (Å²) in [5.74, 6) is 2.51. The molecular weight excluding hydrogens is 244 g/mol. The van der Waals surface area contributed by atoms with Gasteiger partial charge in [0, 0.05) is 48.0 Å². The summed E-state index contributed by atoms with van der Waals surface area (Å²) in [6.07, 6.45) is 4.03. The van der Waals surface area contributed by atoms with Crippen molar-refractivity contribution in [2.24, 2.45) is 11.3 Å². The highest BCUT2D eigenvalue weighted by atomic mass is 32.2. The van der Waals surface area contributed by atoms with Crippen molar-refractivity contribution in [2.75, 3.05) is 38.2 Å². The van der Waals surface area contributed by atoms with Gasteiger partial charge in [0.1, 0.15) is 0 Å². The summed E-state index contributed by atoms with van der Waals surface area (Å²) < 4.78 is 11.4. The van der Waals surface area contributed by atoms with Gasteiger partial charge in [-0.05, 0) is 31.2 Å². The van der Waals surface area contributed by atoms with Crippen LogP contribution in [0, 0.1) is 11.3 Å². The zero-order valence-corrected chi connectivity index (χ0v) is 12.9. The smallest absolute Gasteiger partial charge is 0.0363 e. The highest BCUT2D eigenvalue weighted by Gasteiger charge is 2.38. The summed E-state index contributed by atoms with van der Waals surface area (Å²) in [6.45, 7) is 8.03. The molecule has 1 heterocycles. The molecule has 0 aromatic carbocycles. The van der Waals surface area contributed by atoms with E-state index in [9.17, 15) is 4.21 Å². The van der Waals surface area contributed by atoms with E-state index in [4.69, 9.17) is 0 Å². The van der Waals surface area contributed by atoms with E-state index in [1.54, 1.807) is 0 Å². The molecule has 0 aromatic rings. The molecule has 106 valence electrons. The minimum atomic E-state index is -0.551. The number of rotatable bonds is 3. The predicted molar refractivity (Wildman–Crippen MR) is 78.3 cm³/mol. The lowest BCUT2D eigenvalue weighted by atomic mass is 9.68. The van der Waals surface area contributed by atoms with Gasteiger partial charge in [-0.15, -0.1) is 0 Å². The van der Waals surface area contributed by atoms with E-state index in [0.717, 1.165) is 30.5 Å². The summed E-state index contributed by atoms with van der Waals surface area (Å²) in [5.41, 5.74) is 0.413. The zero-order valence-electron chi connectivity index (χ0n) is 12.1. The van der Waals surface area contributed by atoms with Crippen LogP contribution in [0.15, 0.2) is 0 Å². The Labute approximate surface area is 114 Å². The van der Waals surface area contributed by atoms with Crippen LogP contribution in [0.3, 0.4) is 0 Å². The van der Waals surface area contributed by atoms with E-state index in [1.165, 1.54) is 25.8 Å². The van der Waals surface area contributed by atoms with Crippen molar-refractivity contribution in [3.8, 4) is 0 Å². The number of nitrogens with zero attached hydrogens (tertiary/aromatic N) is 1. The molecule has 1 saturated heterocycles. The molecule has 3 nitrogen and oxygen atoms in total. The molecule has 2 unspecified atom stereocenters. The number of hydrogen-bond donors (Lipinski definition) is 1. The Bertz CT molecular complexity index is 296. The van der Waals surface area contributed by atoms with E-state index >= 15 is 0 Å². The van der Waals surface area contributed by atoms with Crippen LogP contribution in [-0.2, 0) is 10.8 Å². The fourth-order valence-corrected chi connectivity index (χ4v) is 4.92. The van der Waals surface area contributed by atoms with E-state index in [0.29, 0.717) is 11.5 Å². The molecule has 0 radical (unpaired) electrons. The Morgan fingerprint density at radius 3 is 2.61 bits per heavy atom. The van der Waals surface area contributed by atoms with Gasteiger partial charge < -0.3 is 10.2 Å². The third-order valence-electron chi connectivity index (χ3n) is 4.78. The molecule has 0 spiro atoms. The average molecular weight is 272 g/mol. The minimum absolute atomic E-state index is 0.413. The first-order valence-electron chi connectivity index (χ1n) is 7.27. The number of nitrogens with one attached hydrogen (secondary N) is 1. The molecule has 1 aliphatic carbocycles. The molecule has 2 fully saturated rings. The largest absolute Gasteiger partial charge is 0.316 e. The Morgan fingerprint density at radius 1 is 1.33 bits per heavy atom. The molecule has 2 rings (SSSR count). The monoisotopic (exact) mass is 272 g/mol. The van der Waals surface area contributed by atoms with Crippen LogP contribution in [0.25, 0.3) is 0 Å². The fraction of sp³-hybridized carbons (Fsp3) is 1.00. The minimum Gasteiger partial charge on any atom is -0.316 e. The molecule has 2 atom stereocenters. The SMILES string of the molecule is CNC1C(CN2CCS(=O)CC2)CCCC1(C)C. The summed E-state index contributed by atoms with van der Waals surface area (Å²) >= 11 is 0. The van der Waals surface area contributed by atoms with Crippen molar-refractivity contribution < 1.29 is 4.21 Å².